The Kier molecular flexibility index (Phi) is 22.5. The molecule has 0 unspecified atom stereocenters. The van der Waals surface area contributed by atoms with Crippen LogP contribution in [-0.4, -0.2) is 8.39 Å². The number of rotatable bonds is 24. The third-order valence-corrected chi connectivity index (χ3v) is 13.7. The van der Waals surface area contributed by atoms with E-state index in [0.717, 1.165) is 21.2 Å². The van der Waals surface area contributed by atoms with Crippen LogP contribution < -0.4 is 0 Å². The van der Waals surface area contributed by atoms with Gasteiger partial charge < -0.3 is 0 Å². The van der Waals surface area contributed by atoms with E-state index in [2.05, 4.69) is 36.7 Å². The van der Waals surface area contributed by atoms with Crippen molar-refractivity contribution in [2.45, 2.75) is 155 Å². The van der Waals surface area contributed by atoms with Crippen molar-refractivity contribution in [3.05, 3.63) is 43.8 Å². The molecule has 0 nitrogen and oxygen atoms in total. The second-order valence-corrected chi connectivity index (χ2v) is 16.5. The van der Waals surface area contributed by atoms with Gasteiger partial charge in [0.05, 0.1) is 18.1 Å². The van der Waals surface area contributed by atoms with Gasteiger partial charge in [0.1, 0.15) is 0 Å². The lowest BCUT2D eigenvalue weighted by Crippen LogP contribution is -1.96. The van der Waals surface area contributed by atoms with Crippen LogP contribution in [0.25, 0.3) is 0 Å². The summed E-state index contributed by atoms with van der Waals surface area (Å²) in [7, 11) is 3.38. The van der Waals surface area contributed by atoms with Gasteiger partial charge in [0.25, 0.3) is 0 Å². The van der Waals surface area contributed by atoms with Crippen LogP contribution in [0.2, 0.25) is 0 Å². The van der Waals surface area contributed by atoms with Crippen molar-refractivity contribution in [1.82, 2.24) is 0 Å². The van der Waals surface area contributed by atoms with Gasteiger partial charge in [-0.3, -0.25) is 0 Å². The van der Waals surface area contributed by atoms with E-state index < -0.39 is 0 Å². The number of thiophene rings is 2. The Hall–Kier alpha value is 0.280. The second kappa shape index (κ2) is 24.7. The fraction of sp³-hybridized carbons (Fsp3) is 0.706. The normalized spacial score (nSPS) is 11.3. The maximum atomic E-state index is 5.87. The minimum atomic E-state index is 0.997. The molecule has 0 bridgehead atoms. The van der Waals surface area contributed by atoms with Gasteiger partial charge in [-0.1, -0.05) is 154 Å². The maximum Gasteiger partial charge on any atom is 0.0991 e. The molecule has 0 aliphatic carbocycles. The number of unbranched alkanes of at least 4 members (excludes halogenated alkanes) is 18. The summed E-state index contributed by atoms with van der Waals surface area (Å²) in [5, 5.41) is 4.42. The van der Waals surface area contributed by atoms with Gasteiger partial charge in [-0.05, 0) is 81.3 Å². The van der Waals surface area contributed by atoms with Crippen LogP contribution in [0.5, 0.6) is 0 Å². The maximum absolute atomic E-state index is 5.87. The van der Waals surface area contributed by atoms with Gasteiger partial charge >= 0.3 is 0 Å². The monoisotopic (exact) mass is 654 g/mol. The van der Waals surface area contributed by atoms with Gasteiger partial charge in [0.15, 0.2) is 0 Å². The smallest absolute Gasteiger partial charge is 0.0991 e. The van der Waals surface area contributed by atoms with Gasteiger partial charge in [-0.15, -0.1) is 22.7 Å². The molecule has 0 aliphatic rings. The predicted molar refractivity (Wildman–Crippen MR) is 198 cm³/mol. The summed E-state index contributed by atoms with van der Waals surface area (Å²) in [4.78, 5) is 2.59. The summed E-state index contributed by atoms with van der Waals surface area (Å²) in [5.74, 6) is 0. The summed E-state index contributed by atoms with van der Waals surface area (Å²) < 4.78 is 1.99. The first-order valence-electron chi connectivity index (χ1n) is 16.2. The molecule has 0 atom stereocenters. The molecule has 0 spiro atoms. The Morgan fingerprint density at radius 2 is 0.800 bits per heavy atom. The van der Waals surface area contributed by atoms with E-state index in [1.165, 1.54) is 149 Å². The largest absolute Gasteiger partial charge is 0.142 e. The Balaban J connectivity index is 1.61. The SMILES string of the molecule is CCCCCCCCCCCCc1ccsc1C(=S)SSC(=S)c1sccc1CCCCCCCCCCCC. The van der Waals surface area contributed by atoms with Crippen molar-refractivity contribution in [1.29, 1.82) is 0 Å². The van der Waals surface area contributed by atoms with Crippen LogP contribution in [-0.2, 0) is 12.8 Å². The van der Waals surface area contributed by atoms with Gasteiger partial charge in [-0.2, -0.15) is 0 Å². The molecular weight excluding hydrogens is 601 g/mol. The quantitative estimate of drug-likeness (QED) is 0.0627. The average Bonchev–Trinajstić information content (AvgIpc) is 3.63. The molecule has 0 fully saturated rings. The number of thiocarbonyl (C=S) groups is 2. The molecule has 2 heterocycles. The molecule has 40 heavy (non-hydrogen) atoms. The zero-order chi connectivity index (χ0) is 28.7. The van der Waals surface area contributed by atoms with Crippen molar-refractivity contribution in [2.24, 2.45) is 0 Å². The molecule has 0 radical (unpaired) electrons. The molecule has 0 N–H and O–H groups in total. The molecule has 0 aromatic carbocycles. The van der Waals surface area contributed by atoms with E-state index in [-0.39, 0.29) is 0 Å². The van der Waals surface area contributed by atoms with Gasteiger partial charge in [-0.25, -0.2) is 0 Å². The Bertz CT molecular complexity index is 837. The molecule has 0 amide bonds. The van der Waals surface area contributed by atoms with Crippen molar-refractivity contribution in [3.8, 4) is 0 Å². The van der Waals surface area contributed by atoms with Crippen LogP contribution >= 0.6 is 68.7 Å². The Morgan fingerprint density at radius 3 is 1.12 bits per heavy atom. The van der Waals surface area contributed by atoms with Crippen molar-refractivity contribution in [2.75, 3.05) is 0 Å². The van der Waals surface area contributed by atoms with Crippen molar-refractivity contribution >= 4 is 77.1 Å². The van der Waals surface area contributed by atoms with Crippen LogP contribution in [0.1, 0.15) is 163 Å². The lowest BCUT2D eigenvalue weighted by Gasteiger charge is -2.08. The molecule has 2 aromatic heterocycles. The Morgan fingerprint density at radius 1 is 0.500 bits per heavy atom. The Labute approximate surface area is 274 Å². The van der Waals surface area contributed by atoms with Gasteiger partial charge in [0.2, 0.25) is 0 Å². The third kappa shape index (κ3) is 16.2. The van der Waals surface area contributed by atoms with E-state index in [4.69, 9.17) is 24.4 Å². The minimum Gasteiger partial charge on any atom is -0.142 e. The standard InChI is InChI=1S/C34H54S6/c1-3-5-7-9-11-13-15-17-19-21-23-29-25-27-37-31(29)33(35)39-40-34(36)32-30(26-28-38-32)24-22-20-18-16-14-12-10-8-6-4-2/h25-28H,3-24H2,1-2H3. The van der Waals surface area contributed by atoms with Crippen LogP contribution in [0, 0.1) is 0 Å². The first-order valence-corrected chi connectivity index (χ1v) is 21.0. The number of hydrogen-bond donors (Lipinski definition) is 0. The highest BCUT2D eigenvalue weighted by Gasteiger charge is 2.15. The van der Waals surface area contributed by atoms with Gasteiger partial charge in [0, 0.05) is 0 Å². The van der Waals surface area contributed by atoms with Crippen LogP contribution in [0.4, 0.5) is 0 Å². The first kappa shape index (κ1) is 36.5. The predicted octanol–water partition coefficient (Wildman–Crippen LogP) is 14.2. The summed E-state index contributed by atoms with van der Waals surface area (Å²) in [6.45, 7) is 4.58. The van der Waals surface area contributed by atoms with Crippen LogP contribution in [0.15, 0.2) is 22.9 Å². The minimum absolute atomic E-state index is 0.997. The highest BCUT2D eigenvalue weighted by atomic mass is 33.1. The number of aryl methyl sites for hydroxylation is 2. The van der Waals surface area contributed by atoms with Crippen molar-refractivity contribution < 1.29 is 0 Å². The van der Waals surface area contributed by atoms with E-state index >= 15 is 0 Å². The molecule has 0 saturated carbocycles. The molecule has 226 valence electrons. The summed E-state index contributed by atoms with van der Waals surface area (Å²) in [6.07, 6.45) is 29.9. The molecular formula is C34H54S6. The third-order valence-electron chi connectivity index (χ3n) is 7.66. The zero-order valence-electron chi connectivity index (χ0n) is 25.3. The molecule has 2 aromatic rings. The zero-order valence-corrected chi connectivity index (χ0v) is 30.2. The first-order chi connectivity index (χ1) is 19.7. The average molecular weight is 655 g/mol. The lowest BCUT2D eigenvalue weighted by molar-refractivity contribution is 0.556. The second-order valence-electron chi connectivity index (χ2n) is 11.2. The van der Waals surface area contributed by atoms with E-state index in [1.54, 1.807) is 44.3 Å². The summed E-state index contributed by atoms with van der Waals surface area (Å²) >= 11 is 15.3. The van der Waals surface area contributed by atoms with Crippen molar-refractivity contribution in [3.63, 3.8) is 0 Å². The summed E-state index contributed by atoms with van der Waals surface area (Å²) in [5.41, 5.74) is 2.87. The van der Waals surface area contributed by atoms with E-state index in [1.807, 2.05) is 0 Å². The molecule has 0 saturated heterocycles. The molecule has 2 rings (SSSR count). The lowest BCUT2D eigenvalue weighted by atomic mass is 10.0. The molecule has 0 aliphatic heterocycles. The fourth-order valence-electron chi connectivity index (χ4n) is 5.18. The topological polar surface area (TPSA) is 0 Å². The highest BCUT2D eigenvalue weighted by molar-refractivity contribution is 8.90. The van der Waals surface area contributed by atoms with E-state index in [0.29, 0.717) is 0 Å². The fourth-order valence-corrected chi connectivity index (χ4v) is 10.3. The highest BCUT2D eigenvalue weighted by Crippen LogP contribution is 2.36. The molecule has 6 heteroatoms. The van der Waals surface area contributed by atoms with Crippen LogP contribution in [0.3, 0.4) is 0 Å². The van der Waals surface area contributed by atoms with E-state index in [9.17, 15) is 0 Å². The number of hydrogen-bond acceptors (Lipinski definition) is 6. The summed E-state index contributed by atoms with van der Waals surface area (Å²) in [6, 6.07) is 4.57.